The lowest BCUT2D eigenvalue weighted by Gasteiger charge is -2.35. The number of ether oxygens (including phenoxy) is 1. The Labute approximate surface area is 120 Å². The number of nitrogens with zero attached hydrogens (tertiary/aromatic N) is 1. The van der Waals surface area contributed by atoms with E-state index in [0.717, 1.165) is 13.0 Å². The average Bonchev–Trinajstić information content (AvgIpc) is 2.70. The Hall–Kier alpha value is -1.30. The van der Waals surface area contributed by atoms with Crippen molar-refractivity contribution >= 4 is 12.0 Å². The molecule has 1 aliphatic heterocycles. The highest BCUT2D eigenvalue weighted by molar-refractivity contribution is 5.76. The second-order valence-corrected chi connectivity index (χ2v) is 6.28. The Balaban J connectivity index is 2.52. The number of rotatable bonds is 5. The molecule has 116 valence electrons. The van der Waals surface area contributed by atoms with Gasteiger partial charge in [-0.15, -0.1) is 0 Å². The van der Waals surface area contributed by atoms with Crippen molar-refractivity contribution in [2.75, 3.05) is 19.7 Å². The van der Waals surface area contributed by atoms with Gasteiger partial charge in [-0.2, -0.15) is 0 Å². The van der Waals surface area contributed by atoms with Gasteiger partial charge in [0.05, 0.1) is 12.5 Å². The maximum atomic E-state index is 12.2. The van der Waals surface area contributed by atoms with Crippen molar-refractivity contribution in [2.24, 2.45) is 5.92 Å². The summed E-state index contributed by atoms with van der Waals surface area (Å²) in [5, 5.41) is 11.7. The summed E-state index contributed by atoms with van der Waals surface area (Å²) in [6.07, 6.45) is 1.07. The Morgan fingerprint density at radius 3 is 2.50 bits per heavy atom. The zero-order valence-electron chi connectivity index (χ0n) is 12.8. The summed E-state index contributed by atoms with van der Waals surface area (Å²) >= 11 is 0. The fourth-order valence-electron chi connectivity index (χ4n) is 2.31. The lowest BCUT2D eigenvalue weighted by molar-refractivity contribution is -0.137. The predicted octanol–water partition coefficient (Wildman–Crippen LogP) is 1.70. The van der Waals surface area contributed by atoms with E-state index in [0.29, 0.717) is 12.5 Å². The van der Waals surface area contributed by atoms with Crippen LogP contribution in [-0.2, 0) is 9.53 Å². The Kier molecular flexibility index (Phi) is 5.80. The molecule has 0 aromatic rings. The van der Waals surface area contributed by atoms with Crippen LogP contribution in [0.25, 0.3) is 0 Å². The van der Waals surface area contributed by atoms with Gasteiger partial charge in [0.1, 0.15) is 0 Å². The fourth-order valence-corrected chi connectivity index (χ4v) is 2.31. The van der Waals surface area contributed by atoms with Gasteiger partial charge in [0.15, 0.2) is 0 Å². The molecule has 2 atom stereocenters. The van der Waals surface area contributed by atoms with Crippen LogP contribution in [0.15, 0.2) is 0 Å². The van der Waals surface area contributed by atoms with Gasteiger partial charge in [0.25, 0.3) is 0 Å². The predicted molar refractivity (Wildman–Crippen MR) is 75.6 cm³/mol. The first-order valence-electron chi connectivity index (χ1n) is 7.10. The molecular weight excluding hydrogens is 260 g/mol. The van der Waals surface area contributed by atoms with Gasteiger partial charge in [0.2, 0.25) is 0 Å². The van der Waals surface area contributed by atoms with Crippen molar-refractivity contribution in [3.63, 3.8) is 0 Å². The highest BCUT2D eigenvalue weighted by Gasteiger charge is 2.29. The third kappa shape index (κ3) is 5.00. The minimum atomic E-state index is -0.898. The molecule has 2 unspecified atom stereocenters. The Bertz CT molecular complexity index is 352. The van der Waals surface area contributed by atoms with Crippen LogP contribution < -0.4 is 5.32 Å². The molecule has 6 nitrogen and oxygen atoms in total. The van der Waals surface area contributed by atoms with E-state index < -0.39 is 11.5 Å². The van der Waals surface area contributed by atoms with Crippen LogP contribution >= 0.6 is 0 Å². The number of hydrogen-bond donors (Lipinski definition) is 2. The van der Waals surface area contributed by atoms with Crippen LogP contribution in [0.5, 0.6) is 0 Å². The van der Waals surface area contributed by atoms with Gasteiger partial charge >= 0.3 is 12.0 Å². The third-order valence-electron chi connectivity index (χ3n) is 3.65. The quantitative estimate of drug-likeness (QED) is 0.806. The monoisotopic (exact) mass is 286 g/mol. The normalized spacial score (nSPS) is 22.6. The number of nitrogens with one attached hydrogen (secondary N) is 1. The SMILES string of the molecule is CC1OCCC1CNC(=O)N(CCC(=O)O)C(C)(C)C. The topological polar surface area (TPSA) is 78.9 Å². The minimum Gasteiger partial charge on any atom is -0.481 e. The zero-order valence-corrected chi connectivity index (χ0v) is 12.8. The largest absolute Gasteiger partial charge is 0.481 e. The van der Waals surface area contributed by atoms with Gasteiger partial charge < -0.3 is 20.1 Å². The third-order valence-corrected chi connectivity index (χ3v) is 3.65. The van der Waals surface area contributed by atoms with E-state index in [-0.39, 0.29) is 25.1 Å². The molecule has 0 radical (unpaired) electrons. The summed E-state index contributed by atoms with van der Waals surface area (Å²) in [5.41, 5.74) is -0.405. The number of carboxylic acid groups (broad SMARTS) is 1. The lowest BCUT2D eigenvalue weighted by atomic mass is 10.0. The first-order chi connectivity index (χ1) is 9.21. The highest BCUT2D eigenvalue weighted by atomic mass is 16.5. The van der Waals surface area contributed by atoms with Crippen molar-refractivity contribution in [3.8, 4) is 0 Å². The standard InChI is InChI=1S/C14H26N2O4/c1-10-11(6-8-20-10)9-15-13(19)16(14(2,3)4)7-5-12(17)18/h10-11H,5-9H2,1-4H3,(H,15,19)(H,17,18). The van der Waals surface area contributed by atoms with Crippen LogP contribution in [0.3, 0.4) is 0 Å². The Morgan fingerprint density at radius 1 is 1.40 bits per heavy atom. The number of aliphatic carboxylic acids is 1. The molecule has 0 spiro atoms. The second kappa shape index (κ2) is 6.92. The van der Waals surface area contributed by atoms with Gasteiger partial charge in [-0.25, -0.2) is 4.79 Å². The van der Waals surface area contributed by atoms with Crippen molar-refractivity contribution in [1.82, 2.24) is 10.2 Å². The summed E-state index contributed by atoms with van der Waals surface area (Å²) in [6, 6.07) is -0.210. The molecule has 0 aromatic heterocycles. The van der Waals surface area contributed by atoms with E-state index >= 15 is 0 Å². The molecule has 0 bridgehead atoms. The molecule has 6 heteroatoms. The van der Waals surface area contributed by atoms with Gasteiger partial charge in [-0.1, -0.05) is 0 Å². The van der Waals surface area contributed by atoms with Gasteiger partial charge in [-0.05, 0) is 34.1 Å². The van der Waals surface area contributed by atoms with E-state index in [4.69, 9.17) is 9.84 Å². The van der Waals surface area contributed by atoms with E-state index in [1.807, 2.05) is 27.7 Å². The molecule has 0 aliphatic carbocycles. The number of hydrogen-bond acceptors (Lipinski definition) is 3. The van der Waals surface area contributed by atoms with Crippen molar-refractivity contribution in [1.29, 1.82) is 0 Å². The molecule has 2 amide bonds. The van der Waals surface area contributed by atoms with Gasteiger partial charge in [-0.3, -0.25) is 4.79 Å². The van der Waals surface area contributed by atoms with Crippen LogP contribution in [0.4, 0.5) is 4.79 Å². The van der Waals surface area contributed by atoms with Crippen LogP contribution in [-0.4, -0.2) is 53.3 Å². The maximum Gasteiger partial charge on any atom is 0.317 e. The zero-order chi connectivity index (χ0) is 15.3. The van der Waals surface area contributed by atoms with Crippen molar-refractivity contribution in [3.05, 3.63) is 0 Å². The van der Waals surface area contributed by atoms with Crippen molar-refractivity contribution < 1.29 is 19.4 Å². The Morgan fingerprint density at radius 2 is 2.05 bits per heavy atom. The lowest BCUT2D eigenvalue weighted by Crippen LogP contribution is -2.52. The smallest absolute Gasteiger partial charge is 0.317 e. The van der Waals surface area contributed by atoms with Crippen LogP contribution in [0, 0.1) is 5.92 Å². The molecule has 1 heterocycles. The van der Waals surface area contributed by atoms with E-state index in [1.54, 1.807) is 4.90 Å². The molecule has 0 aromatic carbocycles. The molecular formula is C14H26N2O4. The fraction of sp³-hybridized carbons (Fsp3) is 0.857. The van der Waals surface area contributed by atoms with Gasteiger partial charge in [0, 0.05) is 31.2 Å². The molecule has 1 aliphatic rings. The molecule has 1 saturated heterocycles. The first kappa shape index (κ1) is 16.8. The number of carbonyl (C=O) groups excluding carboxylic acids is 1. The van der Waals surface area contributed by atoms with E-state index in [9.17, 15) is 9.59 Å². The average molecular weight is 286 g/mol. The summed E-state index contributed by atoms with van der Waals surface area (Å²) in [7, 11) is 0. The minimum absolute atomic E-state index is 0.0480. The van der Waals surface area contributed by atoms with Crippen molar-refractivity contribution in [2.45, 2.75) is 52.2 Å². The van der Waals surface area contributed by atoms with Crippen LogP contribution in [0.2, 0.25) is 0 Å². The van der Waals surface area contributed by atoms with E-state index in [1.165, 1.54) is 0 Å². The highest BCUT2D eigenvalue weighted by Crippen LogP contribution is 2.20. The molecule has 20 heavy (non-hydrogen) atoms. The summed E-state index contributed by atoms with van der Waals surface area (Å²) in [4.78, 5) is 24.5. The maximum absolute atomic E-state index is 12.2. The summed E-state index contributed by atoms with van der Waals surface area (Å²) in [6.45, 7) is 9.22. The summed E-state index contributed by atoms with van der Waals surface area (Å²) < 4.78 is 5.46. The van der Waals surface area contributed by atoms with Crippen LogP contribution in [0.1, 0.15) is 40.5 Å². The summed E-state index contributed by atoms with van der Waals surface area (Å²) in [5.74, 6) is -0.565. The first-order valence-corrected chi connectivity index (χ1v) is 7.10. The molecule has 1 fully saturated rings. The molecule has 0 saturated carbocycles. The van der Waals surface area contributed by atoms with E-state index in [2.05, 4.69) is 5.32 Å². The number of carboxylic acids is 1. The number of carbonyl (C=O) groups is 2. The molecule has 2 N–H and O–H groups in total. The molecule has 1 rings (SSSR count). The number of urea groups is 1. The second-order valence-electron chi connectivity index (χ2n) is 6.28. The number of amides is 2.